The molecule has 0 aromatic heterocycles. The Morgan fingerprint density at radius 1 is 0.808 bits per heavy atom. The van der Waals surface area contributed by atoms with Crippen molar-refractivity contribution in [2.24, 2.45) is 0 Å². The molecule has 1 rings (SSSR count). The van der Waals surface area contributed by atoms with Gasteiger partial charge in [-0.1, -0.05) is 6.58 Å². The molecule has 9 nitrogen and oxygen atoms in total. The molecule has 0 bridgehead atoms. The van der Waals surface area contributed by atoms with Gasteiger partial charge in [-0.3, -0.25) is 14.5 Å². The minimum atomic E-state index is -0.471. The molecule has 0 unspecified atom stereocenters. The molecule has 0 N–H and O–H groups in total. The second kappa shape index (κ2) is 14.1. The standard InChI is InChI=1S/C17H25NO8/c1-2-17(21)26-14-13-25-12-11-24-10-9-23-8-7-22-6-5-18-15(19)3-4-16(18)20/h2-4H,1,5-14H2. The lowest BCUT2D eigenvalue weighted by atomic mass is 10.5. The van der Waals surface area contributed by atoms with Gasteiger partial charge < -0.3 is 23.7 Å². The zero-order valence-electron chi connectivity index (χ0n) is 14.7. The molecular weight excluding hydrogens is 346 g/mol. The molecule has 1 aliphatic rings. The third kappa shape index (κ3) is 10.0. The van der Waals surface area contributed by atoms with Crippen LogP contribution in [0.5, 0.6) is 0 Å². The summed E-state index contributed by atoms with van der Waals surface area (Å²) in [4.78, 5) is 34.4. The van der Waals surface area contributed by atoms with E-state index in [9.17, 15) is 14.4 Å². The maximum absolute atomic E-state index is 11.3. The summed E-state index contributed by atoms with van der Waals surface area (Å²) in [5, 5.41) is 0. The number of hydrogen-bond acceptors (Lipinski definition) is 8. The largest absolute Gasteiger partial charge is 0.460 e. The summed E-state index contributed by atoms with van der Waals surface area (Å²) in [6.45, 7) is 6.73. The number of rotatable bonds is 16. The van der Waals surface area contributed by atoms with Gasteiger partial charge in [0, 0.05) is 18.2 Å². The number of esters is 1. The monoisotopic (exact) mass is 371 g/mol. The molecule has 2 amide bonds. The third-order valence-electron chi connectivity index (χ3n) is 3.11. The summed E-state index contributed by atoms with van der Waals surface area (Å²) < 4.78 is 25.9. The summed E-state index contributed by atoms with van der Waals surface area (Å²) in [6, 6.07) is 0. The van der Waals surface area contributed by atoms with Gasteiger partial charge in [-0.05, 0) is 0 Å². The van der Waals surface area contributed by atoms with E-state index in [2.05, 4.69) is 6.58 Å². The molecule has 0 aromatic rings. The Kier molecular flexibility index (Phi) is 11.9. The van der Waals surface area contributed by atoms with E-state index in [4.69, 9.17) is 23.7 Å². The number of nitrogens with zero attached hydrogens (tertiary/aromatic N) is 1. The molecule has 146 valence electrons. The van der Waals surface area contributed by atoms with Gasteiger partial charge in [-0.15, -0.1) is 0 Å². The SMILES string of the molecule is C=CC(=O)OCCOCCOCCOCCOCCN1C(=O)C=CC1=O. The molecule has 0 aromatic carbocycles. The average molecular weight is 371 g/mol. The Hall–Kier alpha value is -2.07. The van der Waals surface area contributed by atoms with E-state index in [1.807, 2.05) is 0 Å². The molecule has 9 heteroatoms. The summed E-state index contributed by atoms with van der Waals surface area (Å²) in [7, 11) is 0. The minimum Gasteiger partial charge on any atom is -0.460 e. The zero-order chi connectivity index (χ0) is 19.0. The number of hydrogen-bond donors (Lipinski definition) is 0. The highest BCUT2D eigenvalue weighted by molar-refractivity contribution is 6.12. The Morgan fingerprint density at radius 3 is 1.69 bits per heavy atom. The van der Waals surface area contributed by atoms with E-state index in [1.165, 1.54) is 12.2 Å². The van der Waals surface area contributed by atoms with Gasteiger partial charge in [-0.25, -0.2) is 4.79 Å². The van der Waals surface area contributed by atoms with Crippen LogP contribution in [0.25, 0.3) is 0 Å². The van der Waals surface area contributed by atoms with Gasteiger partial charge in [0.25, 0.3) is 11.8 Å². The third-order valence-corrected chi connectivity index (χ3v) is 3.11. The van der Waals surface area contributed by atoms with Gasteiger partial charge in [-0.2, -0.15) is 0 Å². The van der Waals surface area contributed by atoms with E-state index < -0.39 is 5.97 Å². The quantitative estimate of drug-likeness (QED) is 0.158. The van der Waals surface area contributed by atoms with Crippen LogP contribution in [0, 0.1) is 0 Å². The summed E-state index contributed by atoms with van der Waals surface area (Å²) in [6.07, 6.45) is 3.59. The molecule has 0 saturated carbocycles. The molecular formula is C17H25NO8. The van der Waals surface area contributed by atoms with Crippen LogP contribution in [0.2, 0.25) is 0 Å². The van der Waals surface area contributed by atoms with Crippen molar-refractivity contribution in [3.05, 3.63) is 24.8 Å². The predicted octanol–water partition coefficient (Wildman–Crippen LogP) is -0.293. The first-order valence-electron chi connectivity index (χ1n) is 8.29. The van der Waals surface area contributed by atoms with Crippen LogP contribution in [0.3, 0.4) is 0 Å². The van der Waals surface area contributed by atoms with Crippen molar-refractivity contribution in [3.63, 3.8) is 0 Å². The molecule has 0 spiro atoms. The smallest absolute Gasteiger partial charge is 0.330 e. The average Bonchev–Trinajstić information content (AvgIpc) is 2.96. The first-order chi connectivity index (χ1) is 12.6. The highest BCUT2D eigenvalue weighted by Crippen LogP contribution is 2.02. The van der Waals surface area contributed by atoms with Gasteiger partial charge in [0.2, 0.25) is 0 Å². The topological polar surface area (TPSA) is 101 Å². The van der Waals surface area contributed by atoms with Crippen molar-refractivity contribution < 1.29 is 38.1 Å². The fourth-order valence-corrected chi connectivity index (χ4v) is 1.83. The Labute approximate surface area is 152 Å². The van der Waals surface area contributed by atoms with Gasteiger partial charge in [0.1, 0.15) is 6.61 Å². The highest BCUT2D eigenvalue weighted by Gasteiger charge is 2.22. The van der Waals surface area contributed by atoms with E-state index >= 15 is 0 Å². The minimum absolute atomic E-state index is 0.185. The number of ether oxygens (including phenoxy) is 5. The van der Waals surface area contributed by atoms with Crippen molar-refractivity contribution in [1.82, 2.24) is 4.90 Å². The number of carbonyl (C=O) groups excluding carboxylic acids is 3. The summed E-state index contributed by atoms with van der Waals surface area (Å²) in [5.74, 6) is -1.09. The van der Waals surface area contributed by atoms with E-state index in [-0.39, 0.29) is 31.6 Å². The van der Waals surface area contributed by atoms with Crippen molar-refractivity contribution in [1.29, 1.82) is 0 Å². The number of amides is 2. The van der Waals surface area contributed by atoms with Gasteiger partial charge >= 0.3 is 5.97 Å². The van der Waals surface area contributed by atoms with E-state index in [0.717, 1.165) is 11.0 Å². The Bertz CT molecular complexity index is 473. The molecule has 0 saturated heterocycles. The number of imide groups is 1. The van der Waals surface area contributed by atoms with Crippen molar-refractivity contribution >= 4 is 17.8 Å². The lowest BCUT2D eigenvalue weighted by Crippen LogP contribution is -2.33. The van der Waals surface area contributed by atoms with Crippen LogP contribution in [0.15, 0.2) is 24.8 Å². The predicted molar refractivity (Wildman–Crippen MR) is 90.3 cm³/mol. The Balaban J connectivity index is 1.76. The summed E-state index contributed by atoms with van der Waals surface area (Å²) >= 11 is 0. The van der Waals surface area contributed by atoms with Crippen molar-refractivity contribution in [2.45, 2.75) is 0 Å². The lowest BCUT2D eigenvalue weighted by molar-refractivity contribution is -0.140. The van der Waals surface area contributed by atoms with Crippen LogP contribution >= 0.6 is 0 Å². The molecule has 0 atom stereocenters. The molecule has 0 fully saturated rings. The van der Waals surface area contributed by atoms with Crippen molar-refractivity contribution in [2.75, 3.05) is 66.0 Å². The second-order valence-electron chi connectivity index (χ2n) is 4.98. The normalized spacial score (nSPS) is 13.5. The van der Waals surface area contributed by atoms with Crippen LogP contribution in [0.4, 0.5) is 0 Å². The van der Waals surface area contributed by atoms with E-state index in [1.54, 1.807) is 0 Å². The molecule has 0 aliphatic carbocycles. The lowest BCUT2D eigenvalue weighted by Gasteiger charge is -2.13. The number of carbonyl (C=O) groups is 3. The molecule has 0 radical (unpaired) electrons. The van der Waals surface area contributed by atoms with Gasteiger partial charge in [0.15, 0.2) is 0 Å². The first kappa shape index (κ1) is 22.0. The van der Waals surface area contributed by atoms with E-state index in [0.29, 0.717) is 46.2 Å². The molecule has 26 heavy (non-hydrogen) atoms. The fraction of sp³-hybridized carbons (Fsp3) is 0.588. The van der Waals surface area contributed by atoms with Crippen LogP contribution < -0.4 is 0 Å². The summed E-state index contributed by atoms with van der Waals surface area (Å²) in [5.41, 5.74) is 0. The molecule has 1 heterocycles. The maximum Gasteiger partial charge on any atom is 0.330 e. The van der Waals surface area contributed by atoms with Crippen molar-refractivity contribution in [3.8, 4) is 0 Å². The second-order valence-corrected chi connectivity index (χ2v) is 4.98. The first-order valence-corrected chi connectivity index (χ1v) is 8.29. The van der Waals surface area contributed by atoms with Crippen LogP contribution in [0.1, 0.15) is 0 Å². The zero-order valence-corrected chi connectivity index (χ0v) is 14.7. The van der Waals surface area contributed by atoms with Crippen LogP contribution in [-0.2, 0) is 38.1 Å². The maximum atomic E-state index is 11.3. The highest BCUT2D eigenvalue weighted by atomic mass is 16.6. The fourth-order valence-electron chi connectivity index (χ4n) is 1.83. The van der Waals surface area contributed by atoms with Crippen LogP contribution in [-0.4, -0.2) is 88.7 Å². The Morgan fingerprint density at radius 2 is 1.23 bits per heavy atom. The molecule has 1 aliphatic heterocycles. The van der Waals surface area contributed by atoms with Gasteiger partial charge in [0.05, 0.1) is 59.4 Å².